The van der Waals surface area contributed by atoms with Crippen LogP contribution < -0.4 is 5.56 Å². The fourth-order valence-electron chi connectivity index (χ4n) is 5.93. The molecule has 1 aliphatic carbocycles. The van der Waals surface area contributed by atoms with Gasteiger partial charge in [-0.05, 0) is 66.5 Å². The summed E-state index contributed by atoms with van der Waals surface area (Å²) in [5.41, 5.74) is 2.83. The quantitative estimate of drug-likeness (QED) is 0.480. The summed E-state index contributed by atoms with van der Waals surface area (Å²) < 4.78 is 7.84. The maximum Gasteiger partial charge on any atom is 0.252 e. The Morgan fingerprint density at radius 1 is 1.20 bits per heavy atom. The lowest BCUT2D eigenvalue weighted by Crippen LogP contribution is -2.41. The fourth-order valence-corrected chi connectivity index (χ4v) is 5.93. The van der Waals surface area contributed by atoms with E-state index in [-0.39, 0.29) is 17.7 Å². The Morgan fingerprint density at radius 2 is 2.06 bits per heavy atom. The average Bonchev–Trinajstić information content (AvgIpc) is 3.55. The van der Waals surface area contributed by atoms with Crippen molar-refractivity contribution < 1.29 is 4.74 Å². The number of hydrogen-bond donors (Lipinski definition) is 1. The van der Waals surface area contributed by atoms with Gasteiger partial charge in [0.15, 0.2) is 5.82 Å². The monoisotopic (exact) mass is 478 g/mol. The van der Waals surface area contributed by atoms with Crippen LogP contribution in [0, 0.1) is 6.92 Å². The summed E-state index contributed by atoms with van der Waals surface area (Å²) >= 11 is 0. The molecule has 2 atom stereocenters. The van der Waals surface area contributed by atoms with Crippen LogP contribution in [0.15, 0.2) is 29.1 Å². The second-order valence-corrected chi connectivity index (χ2v) is 10.3. The zero-order valence-corrected chi connectivity index (χ0v) is 21.1. The summed E-state index contributed by atoms with van der Waals surface area (Å²) in [6.45, 7) is 6.36. The number of pyridine rings is 1. The SMILES string of the molecule is CCCC(c1nnnn1CC1CCCO1)N(Cc1cc2cccc(C)c2[nH]c1=O)C1CCCCC1. The Labute approximate surface area is 207 Å². The number of nitrogens with one attached hydrogen (secondary N) is 1. The number of aryl methyl sites for hydroxylation is 1. The van der Waals surface area contributed by atoms with Crippen LogP contribution in [0.1, 0.15) is 87.7 Å². The third kappa shape index (κ3) is 5.33. The Morgan fingerprint density at radius 3 is 2.83 bits per heavy atom. The van der Waals surface area contributed by atoms with Crippen molar-refractivity contribution in [2.24, 2.45) is 0 Å². The second kappa shape index (κ2) is 11.0. The van der Waals surface area contributed by atoms with Gasteiger partial charge in [0.1, 0.15) is 0 Å². The molecular formula is C27H38N6O2. The van der Waals surface area contributed by atoms with Crippen molar-refractivity contribution in [2.45, 2.75) is 103 Å². The van der Waals surface area contributed by atoms with Crippen LogP contribution in [0.2, 0.25) is 0 Å². The molecule has 0 spiro atoms. The number of tetrazole rings is 1. The molecule has 1 aromatic carbocycles. The average molecular weight is 479 g/mol. The molecule has 1 saturated heterocycles. The molecule has 2 aromatic heterocycles. The molecule has 1 saturated carbocycles. The minimum atomic E-state index is 0.00167. The Hall–Kier alpha value is -2.58. The van der Waals surface area contributed by atoms with E-state index in [0.717, 1.165) is 73.0 Å². The normalized spacial score (nSPS) is 20.1. The molecule has 1 aliphatic heterocycles. The second-order valence-electron chi connectivity index (χ2n) is 10.3. The van der Waals surface area contributed by atoms with Crippen molar-refractivity contribution >= 4 is 10.9 Å². The van der Waals surface area contributed by atoms with Crippen molar-refractivity contribution in [3.63, 3.8) is 0 Å². The van der Waals surface area contributed by atoms with Gasteiger partial charge in [-0.3, -0.25) is 9.69 Å². The van der Waals surface area contributed by atoms with Crippen LogP contribution in [0.3, 0.4) is 0 Å². The van der Waals surface area contributed by atoms with Gasteiger partial charge in [0, 0.05) is 24.8 Å². The third-order valence-corrected chi connectivity index (χ3v) is 7.78. The van der Waals surface area contributed by atoms with Gasteiger partial charge in [-0.2, -0.15) is 0 Å². The number of hydrogen-bond acceptors (Lipinski definition) is 6. The smallest absolute Gasteiger partial charge is 0.252 e. The number of benzene rings is 1. The van der Waals surface area contributed by atoms with Gasteiger partial charge < -0.3 is 9.72 Å². The molecule has 0 bridgehead atoms. The zero-order valence-electron chi connectivity index (χ0n) is 21.1. The lowest BCUT2D eigenvalue weighted by molar-refractivity contribution is 0.0713. The van der Waals surface area contributed by atoms with E-state index in [1.54, 1.807) is 0 Å². The number of rotatable bonds is 9. The first kappa shape index (κ1) is 24.1. The van der Waals surface area contributed by atoms with E-state index in [4.69, 9.17) is 4.74 Å². The summed E-state index contributed by atoms with van der Waals surface area (Å²) in [5.74, 6) is 0.904. The molecule has 3 heterocycles. The highest BCUT2D eigenvalue weighted by Crippen LogP contribution is 2.34. The molecule has 0 radical (unpaired) electrons. The minimum absolute atomic E-state index is 0.00167. The van der Waals surface area contributed by atoms with Crippen molar-refractivity contribution in [3.05, 3.63) is 51.6 Å². The number of H-pyrrole nitrogens is 1. The molecule has 8 heteroatoms. The molecule has 5 rings (SSSR count). The van der Waals surface area contributed by atoms with Crippen LogP contribution in [0.4, 0.5) is 0 Å². The lowest BCUT2D eigenvalue weighted by Gasteiger charge is -2.39. The number of nitrogens with zero attached hydrogens (tertiary/aromatic N) is 5. The fraction of sp³-hybridized carbons (Fsp3) is 0.630. The summed E-state index contributed by atoms with van der Waals surface area (Å²) in [7, 11) is 0. The highest BCUT2D eigenvalue weighted by atomic mass is 16.5. The van der Waals surface area contributed by atoms with E-state index < -0.39 is 0 Å². The van der Waals surface area contributed by atoms with E-state index in [1.165, 1.54) is 19.3 Å². The van der Waals surface area contributed by atoms with Gasteiger partial charge in [0.05, 0.1) is 24.2 Å². The van der Waals surface area contributed by atoms with E-state index in [0.29, 0.717) is 19.1 Å². The summed E-state index contributed by atoms with van der Waals surface area (Å²) in [4.78, 5) is 18.9. The molecule has 2 unspecified atom stereocenters. The van der Waals surface area contributed by atoms with Crippen molar-refractivity contribution in [2.75, 3.05) is 6.61 Å². The molecule has 2 aliphatic rings. The first-order valence-electron chi connectivity index (χ1n) is 13.4. The van der Waals surface area contributed by atoms with Gasteiger partial charge in [0.2, 0.25) is 0 Å². The van der Waals surface area contributed by atoms with Crippen LogP contribution in [-0.4, -0.2) is 48.8 Å². The molecule has 188 valence electrons. The molecule has 8 nitrogen and oxygen atoms in total. The van der Waals surface area contributed by atoms with Crippen molar-refractivity contribution in [1.29, 1.82) is 0 Å². The number of para-hydroxylation sites is 1. The zero-order chi connectivity index (χ0) is 24.2. The van der Waals surface area contributed by atoms with Crippen LogP contribution in [-0.2, 0) is 17.8 Å². The van der Waals surface area contributed by atoms with E-state index >= 15 is 0 Å². The lowest BCUT2D eigenvalue weighted by atomic mass is 9.91. The standard InChI is InChI=1S/C27H38N6O2/c1-3-9-24(26-29-30-31-33(26)18-23-14-8-15-35-23)32(22-12-5-4-6-13-22)17-21-16-20-11-7-10-19(2)25(20)28-27(21)34/h7,10-11,16,22-24H,3-6,8-9,12-15,17-18H2,1-2H3,(H,28,34). The van der Waals surface area contributed by atoms with Gasteiger partial charge in [-0.1, -0.05) is 50.8 Å². The molecule has 1 N–H and O–H groups in total. The van der Waals surface area contributed by atoms with Crippen LogP contribution >= 0.6 is 0 Å². The van der Waals surface area contributed by atoms with Crippen molar-refractivity contribution in [3.8, 4) is 0 Å². The number of aromatic amines is 1. The first-order valence-corrected chi connectivity index (χ1v) is 13.4. The summed E-state index contributed by atoms with van der Waals surface area (Å²) in [6, 6.07) is 8.73. The van der Waals surface area contributed by atoms with E-state index in [1.807, 2.05) is 17.7 Å². The van der Waals surface area contributed by atoms with Gasteiger partial charge in [-0.15, -0.1) is 5.10 Å². The minimum Gasteiger partial charge on any atom is -0.376 e. The summed E-state index contributed by atoms with van der Waals surface area (Å²) in [5, 5.41) is 14.1. The number of fused-ring (bicyclic) bond motifs is 1. The maximum atomic E-state index is 13.2. The Balaban J connectivity index is 1.50. The Kier molecular flexibility index (Phi) is 7.58. The molecule has 3 aromatic rings. The number of ether oxygens (including phenoxy) is 1. The van der Waals surface area contributed by atoms with E-state index in [9.17, 15) is 4.79 Å². The Bertz CT molecular complexity index is 1180. The highest BCUT2D eigenvalue weighted by molar-refractivity contribution is 5.81. The summed E-state index contributed by atoms with van der Waals surface area (Å²) in [6.07, 6.45) is 10.3. The van der Waals surface area contributed by atoms with Crippen LogP contribution in [0.25, 0.3) is 10.9 Å². The molecular weight excluding hydrogens is 440 g/mol. The molecule has 0 amide bonds. The maximum absolute atomic E-state index is 13.2. The van der Waals surface area contributed by atoms with Crippen molar-refractivity contribution in [1.82, 2.24) is 30.1 Å². The molecule has 2 fully saturated rings. The van der Waals surface area contributed by atoms with Crippen LogP contribution in [0.5, 0.6) is 0 Å². The highest BCUT2D eigenvalue weighted by Gasteiger charge is 2.33. The predicted molar refractivity (Wildman–Crippen MR) is 136 cm³/mol. The van der Waals surface area contributed by atoms with E-state index in [2.05, 4.69) is 50.5 Å². The predicted octanol–water partition coefficient (Wildman–Crippen LogP) is 4.68. The first-order chi connectivity index (χ1) is 17.1. The third-order valence-electron chi connectivity index (χ3n) is 7.78. The molecule has 35 heavy (non-hydrogen) atoms. The van der Waals surface area contributed by atoms with Gasteiger partial charge in [0.25, 0.3) is 5.56 Å². The largest absolute Gasteiger partial charge is 0.376 e. The van der Waals surface area contributed by atoms with Gasteiger partial charge in [-0.25, -0.2) is 4.68 Å². The van der Waals surface area contributed by atoms with Gasteiger partial charge >= 0.3 is 0 Å². The topological polar surface area (TPSA) is 88.9 Å². The number of aromatic nitrogens is 5.